The number of hydrogen-bond donors (Lipinski definition) is 3. The van der Waals surface area contributed by atoms with Gasteiger partial charge in [-0.3, -0.25) is 0 Å². The van der Waals surface area contributed by atoms with E-state index < -0.39 is 0 Å². The van der Waals surface area contributed by atoms with E-state index >= 15 is 0 Å². The first kappa shape index (κ1) is 12.8. The minimum atomic E-state index is -0.363. The Balaban J connectivity index is 1.95. The highest BCUT2D eigenvalue weighted by Gasteiger charge is 2.29. The van der Waals surface area contributed by atoms with Crippen LogP contribution in [-0.2, 0) is 0 Å². The molecule has 0 spiro atoms. The molecule has 4 N–H and O–H groups in total. The minimum Gasteiger partial charge on any atom is -0.461 e. The molecule has 1 saturated carbocycles. The van der Waals surface area contributed by atoms with E-state index in [9.17, 15) is 5.11 Å². The first-order valence-electron chi connectivity index (χ1n) is 6.14. The zero-order valence-electron chi connectivity index (χ0n) is 10.6. The predicted octanol–water partition coefficient (Wildman–Crippen LogP) is 0.424. The maximum atomic E-state index is 9.74. The van der Waals surface area contributed by atoms with E-state index in [1.165, 1.54) is 0 Å². The SMILES string of the molecule is CC(C)Oc1nc(N)nc(NCC(O)C2CC2)n1. The van der Waals surface area contributed by atoms with Crippen LogP contribution in [0.15, 0.2) is 0 Å². The van der Waals surface area contributed by atoms with Gasteiger partial charge >= 0.3 is 6.01 Å². The third kappa shape index (κ3) is 3.69. The Kier molecular flexibility index (Phi) is 3.81. The maximum absolute atomic E-state index is 9.74. The Morgan fingerprint density at radius 1 is 1.39 bits per heavy atom. The Bertz CT molecular complexity index is 408. The van der Waals surface area contributed by atoms with Crippen LogP contribution in [0, 0.1) is 5.92 Å². The maximum Gasteiger partial charge on any atom is 0.323 e. The lowest BCUT2D eigenvalue weighted by molar-refractivity contribution is 0.164. The van der Waals surface area contributed by atoms with Crippen LogP contribution in [0.5, 0.6) is 6.01 Å². The smallest absolute Gasteiger partial charge is 0.323 e. The van der Waals surface area contributed by atoms with Crippen molar-refractivity contribution in [2.75, 3.05) is 17.6 Å². The summed E-state index contributed by atoms with van der Waals surface area (Å²) in [6, 6.07) is 0.195. The number of nitrogens with one attached hydrogen (secondary N) is 1. The molecule has 1 aromatic heterocycles. The first-order valence-corrected chi connectivity index (χ1v) is 6.14. The van der Waals surface area contributed by atoms with Gasteiger partial charge in [-0.15, -0.1) is 0 Å². The third-order valence-corrected chi connectivity index (χ3v) is 2.61. The third-order valence-electron chi connectivity index (χ3n) is 2.61. The van der Waals surface area contributed by atoms with E-state index in [-0.39, 0.29) is 24.2 Å². The van der Waals surface area contributed by atoms with Gasteiger partial charge in [-0.1, -0.05) is 0 Å². The topological polar surface area (TPSA) is 106 Å². The highest BCUT2D eigenvalue weighted by Crippen LogP contribution is 2.32. The number of nitrogens with two attached hydrogens (primary N) is 1. The van der Waals surface area contributed by atoms with Gasteiger partial charge < -0.3 is 20.9 Å². The second-order valence-electron chi connectivity index (χ2n) is 4.75. The molecule has 7 heteroatoms. The van der Waals surface area contributed by atoms with Crippen molar-refractivity contribution in [1.82, 2.24) is 15.0 Å². The van der Waals surface area contributed by atoms with Gasteiger partial charge in [0.05, 0.1) is 12.2 Å². The Labute approximate surface area is 106 Å². The zero-order chi connectivity index (χ0) is 13.1. The summed E-state index contributed by atoms with van der Waals surface area (Å²) in [5, 5.41) is 12.7. The van der Waals surface area contributed by atoms with Gasteiger partial charge in [-0.25, -0.2) is 0 Å². The van der Waals surface area contributed by atoms with Gasteiger partial charge in [-0.2, -0.15) is 15.0 Å². The summed E-state index contributed by atoms with van der Waals surface area (Å²) < 4.78 is 5.36. The van der Waals surface area contributed by atoms with Crippen molar-refractivity contribution in [3.05, 3.63) is 0 Å². The molecular formula is C11H19N5O2. The number of aliphatic hydroxyl groups is 1. The average molecular weight is 253 g/mol. The van der Waals surface area contributed by atoms with Gasteiger partial charge in [-0.05, 0) is 32.6 Å². The number of aromatic nitrogens is 3. The highest BCUT2D eigenvalue weighted by atomic mass is 16.5. The lowest BCUT2D eigenvalue weighted by Gasteiger charge is -2.12. The molecule has 0 amide bonds. The fourth-order valence-corrected chi connectivity index (χ4v) is 1.56. The van der Waals surface area contributed by atoms with Crippen LogP contribution in [-0.4, -0.2) is 38.8 Å². The lowest BCUT2D eigenvalue weighted by Crippen LogP contribution is -2.23. The second-order valence-corrected chi connectivity index (χ2v) is 4.75. The largest absolute Gasteiger partial charge is 0.461 e. The van der Waals surface area contributed by atoms with E-state index in [4.69, 9.17) is 10.5 Å². The first-order chi connectivity index (χ1) is 8.54. The monoisotopic (exact) mass is 253 g/mol. The van der Waals surface area contributed by atoms with Crippen molar-refractivity contribution in [2.45, 2.75) is 38.9 Å². The Morgan fingerprint density at radius 2 is 2.11 bits per heavy atom. The van der Waals surface area contributed by atoms with Crippen molar-refractivity contribution < 1.29 is 9.84 Å². The van der Waals surface area contributed by atoms with Crippen molar-refractivity contribution in [3.8, 4) is 6.01 Å². The van der Waals surface area contributed by atoms with Crippen molar-refractivity contribution in [1.29, 1.82) is 0 Å². The number of hydrogen-bond acceptors (Lipinski definition) is 7. The number of nitrogen functional groups attached to an aromatic ring is 1. The molecule has 7 nitrogen and oxygen atoms in total. The summed E-state index contributed by atoms with van der Waals surface area (Å²) in [5.41, 5.74) is 5.57. The van der Waals surface area contributed by atoms with Crippen LogP contribution >= 0.6 is 0 Å². The van der Waals surface area contributed by atoms with Crippen LogP contribution in [0.2, 0.25) is 0 Å². The molecule has 1 aromatic rings. The van der Waals surface area contributed by atoms with Crippen LogP contribution < -0.4 is 15.8 Å². The predicted molar refractivity (Wildman–Crippen MR) is 67.2 cm³/mol. The van der Waals surface area contributed by atoms with E-state index in [0.29, 0.717) is 18.4 Å². The molecule has 0 aliphatic heterocycles. The second kappa shape index (κ2) is 5.34. The Hall–Kier alpha value is -1.63. The molecule has 2 rings (SSSR count). The standard InChI is InChI=1S/C11H19N5O2/c1-6(2)18-11-15-9(12)14-10(16-11)13-5-8(17)7-3-4-7/h6-8,17H,3-5H2,1-2H3,(H3,12,13,14,15,16). The number of anilines is 2. The molecular weight excluding hydrogens is 234 g/mol. The summed E-state index contributed by atoms with van der Waals surface area (Å²) in [7, 11) is 0. The fourth-order valence-electron chi connectivity index (χ4n) is 1.56. The number of ether oxygens (including phenoxy) is 1. The number of rotatable bonds is 6. The van der Waals surface area contributed by atoms with Gasteiger partial charge in [0, 0.05) is 6.54 Å². The summed E-state index contributed by atoms with van der Waals surface area (Å²) in [5.74, 6) is 0.838. The molecule has 1 heterocycles. The summed E-state index contributed by atoms with van der Waals surface area (Å²) in [4.78, 5) is 11.9. The quantitative estimate of drug-likeness (QED) is 0.674. The molecule has 0 saturated heterocycles. The number of nitrogens with zero attached hydrogens (tertiary/aromatic N) is 3. The van der Waals surface area contributed by atoms with Gasteiger partial charge in [0.2, 0.25) is 11.9 Å². The minimum absolute atomic E-state index is 0.0308. The van der Waals surface area contributed by atoms with Crippen molar-refractivity contribution >= 4 is 11.9 Å². The lowest BCUT2D eigenvalue weighted by atomic mass is 10.2. The molecule has 1 unspecified atom stereocenters. The average Bonchev–Trinajstić information content (AvgIpc) is 3.07. The highest BCUT2D eigenvalue weighted by molar-refractivity contribution is 5.32. The van der Waals surface area contributed by atoms with Gasteiger partial charge in [0.1, 0.15) is 0 Å². The molecule has 1 fully saturated rings. The Morgan fingerprint density at radius 3 is 2.72 bits per heavy atom. The van der Waals surface area contributed by atoms with E-state index in [0.717, 1.165) is 12.8 Å². The van der Waals surface area contributed by atoms with Crippen LogP contribution in [0.4, 0.5) is 11.9 Å². The van der Waals surface area contributed by atoms with E-state index in [1.54, 1.807) is 0 Å². The van der Waals surface area contributed by atoms with Gasteiger partial charge in [0.25, 0.3) is 0 Å². The molecule has 18 heavy (non-hydrogen) atoms. The molecule has 1 aliphatic rings. The zero-order valence-corrected chi connectivity index (χ0v) is 10.6. The van der Waals surface area contributed by atoms with Crippen molar-refractivity contribution in [2.24, 2.45) is 5.92 Å². The summed E-state index contributed by atoms with van der Waals surface area (Å²) >= 11 is 0. The molecule has 1 aliphatic carbocycles. The van der Waals surface area contributed by atoms with E-state index in [1.807, 2.05) is 13.8 Å². The van der Waals surface area contributed by atoms with Gasteiger partial charge in [0.15, 0.2) is 0 Å². The molecule has 0 radical (unpaired) electrons. The fraction of sp³-hybridized carbons (Fsp3) is 0.727. The van der Waals surface area contributed by atoms with Crippen LogP contribution in [0.1, 0.15) is 26.7 Å². The summed E-state index contributed by atoms with van der Waals surface area (Å²) in [6.45, 7) is 4.17. The summed E-state index contributed by atoms with van der Waals surface area (Å²) in [6.07, 6.45) is 1.78. The van der Waals surface area contributed by atoms with Crippen LogP contribution in [0.3, 0.4) is 0 Å². The van der Waals surface area contributed by atoms with Crippen molar-refractivity contribution in [3.63, 3.8) is 0 Å². The van der Waals surface area contributed by atoms with E-state index in [2.05, 4.69) is 20.3 Å². The molecule has 0 aromatic carbocycles. The molecule has 100 valence electrons. The number of aliphatic hydroxyl groups excluding tert-OH is 1. The van der Waals surface area contributed by atoms with Crippen LogP contribution in [0.25, 0.3) is 0 Å². The molecule has 0 bridgehead atoms. The molecule has 1 atom stereocenters. The normalized spacial score (nSPS) is 16.7.